The fourth-order valence-corrected chi connectivity index (χ4v) is 5.44. The number of allylic oxidation sites excluding steroid dienone is 2. The lowest BCUT2D eigenvalue weighted by molar-refractivity contribution is -0.123. The smallest absolute Gasteiger partial charge is 0.412 e. The minimum absolute atomic E-state index is 0.139. The number of fused-ring (bicyclic) bond motifs is 1. The number of carbonyl (C=O) groups excluding carboxylic acids is 4. The van der Waals surface area contributed by atoms with E-state index in [1.807, 2.05) is 0 Å². The maximum atomic E-state index is 13.2. The zero-order chi connectivity index (χ0) is 26.7. The lowest BCUT2D eigenvalue weighted by Crippen LogP contribution is -2.33. The topological polar surface area (TPSA) is 118 Å². The standard InChI is InChI=1S/C28H29N3O6/c1-15-22(25(34)36-5)23-24(29-15)19(32)12-20-28(23)13-17(28)14-31(20)21(33)11-8-16-6-9-18(10-7-16)30-26(35)37-27(2,3)4/h6-12,17,29H,13-14H2,1-5H3,(H,30,35)/b11-8+/t17-,28+/m1/s1. The number of rotatable bonds is 4. The largest absolute Gasteiger partial charge is 0.465 e. The third-order valence-corrected chi connectivity index (χ3v) is 7.03. The van der Waals surface area contributed by atoms with Gasteiger partial charge in [-0.3, -0.25) is 14.9 Å². The van der Waals surface area contributed by atoms with E-state index in [2.05, 4.69) is 10.3 Å². The molecule has 2 amide bonds. The van der Waals surface area contributed by atoms with Gasteiger partial charge in [-0.05, 0) is 63.8 Å². The fraction of sp³-hybridized carbons (Fsp3) is 0.357. The maximum Gasteiger partial charge on any atom is 0.412 e. The molecule has 3 aliphatic rings. The van der Waals surface area contributed by atoms with Gasteiger partial charge in [-0.2, -0.15) is 0 Å². The first kappa shape index (κ1) is 24.5. The second-order valence-electron chi connectivity index (χ2n) is 10.7. The van der Waals surface area contributed by atoms with E-state index in [9.17, 15) is 19.2 Å². The van der Waals surface area contributed by atoms with Gasteiger partial charge in [-0.1, -0.05) is 12.1 Å². The predicted molar refractivity (Wildman–Crippen MR) is 136 cm³/mol. The molecule has 0 radical (unpaired) electrons. The molecule has 1 saturated heterocycles. The number of methoxy groups -OCH3 is 1. The Labute approximate surface area is 214 Å². The van der Waals surface area contributed by atoms with Crippen molar-refractivity contribution in [1.29, 1.82) is 0 Å². The number of amides is 2. The van der Waals surface area contributed by atoms with Crippen LogP contribution in [0, 0.1) is 12.8 Å². The number of nitrogens with zero attached hydrogens (tertiary/aromatic N) is 1. The van der Waals surface area contributed by atoms with Crippen molar-refractivity contribution in [2.75, 3.05) is 19.0 Å². The van der Waals surface area contributed by atoms with Crippen LogP contribution in [0.4, 0.5) is 10.5 Å². The first-order valence-corrected chi connectivity index (χ1v) is 12.1. The van der Waals surface area contributed by atoms with Gasteiger partial charge in [-0.15, -0.1) is 0 Å². The van der Waals surface area contributed by atoms with Crippen molar-refractivity contribution < 1.29 is 28.7 Å². The average molecular weight is 504 g/mol. The van der Waals surface area contributed by atoms with Crippen LogP contribution in [0.3, 0.4) is 0 Å². The highest BCUT2D eigenvalue weighted by Gasteiger charge is 2.68. The Hall–Kier alpha value is -4.14. The summed E-state index contributed by atoms with van der Waals surface area (Å²) in [5.74, 6) is -0.841. The lowest BCUT2D eigenvalue weighted by atomic mass is 9.82. The van der Waals surface area contributed by atoms with E-state index in [1.54, 1.807) is 62.9 Å². The number of ketones is 1. The van der Waals surface area contributed by atoms with Crippen molar-refractivity contribution in [2.45, 2.75) is 45.1 Å². The summed E-state index contributed by atoms with van der Waals surface area (Å²) in [7, 11) is 1.32. The van der Waals surface area contributed by atoms with E-state index < -0.39 is 23.1 Å². The molecule has 2 aromatic rings. The van der Waals surface area contributed by atoms with Crippen molar-refractivity contribution in [3.05, 3.63) is 70.2 Å². The normalized spacial score (nSPS) is 21.6. The molecule has 2 fully saturated rings. The summed E-state index contributed by atoms with van der Waals surface area (Å²) >= 11 is 0. The van der Waals surface area contributed by atoms with Crippen LogP contribution < -0.4 is 5.32 Å². The summed E-state index contributed by atoms with van der Waals surface area (Å²) in [6, 6.07) is 7.00. The number of carbonyl (C=O) groups is 4. The molecule has 2 aliphatic carbocycles. The number of aromatic amines is 1. The zero-order valence-electron chi connectivity index (χ0n) is 21.4. The van der Waals surface area contributed by atoms with Gasteiger partial charge in [0.1, 0.15) is 5.60 Å². The molecule has 1 aromatic carbocycles. The summed E-state index contributed by atoms with van der Waals surface area (Å²) in [6.07, 6.45) is 4.92. The number of likely N-dealkylation sites (tertiary alicyclic amines) is 1. The number of nitrogens with one attached hydrogen (secondary N) is 2. The molecule has 0 bridgehead atoms. The Kier molecular flexibility index (Phi) is 5.62. The summed E-state index contributed by atoms with van der Waals surface area (Å²) in [5.41, 5.74) is 2.93. The Bertz CT molecular complexity index is 1390. The van der Waals surface area contributed by atoms with Crippen LogP contribution in [0.2, 0.25) is 0 Å². The highest BCUT2D eigenvalue weighted by atomic mass is 16.6. The first-order valence-electron chi connectivity index (χ1n) is 12.1. The minimum atomic E-state index is -0.595. The average Bonchev–Trinajstić information content (AvgIpc) is 3.27. The highest BCUT2D eigenvalue weighted by molar-refractivity contribution is 6.11. The molecule has 2 N–H and O–H groups in total. The lowest BCUT2D eigenvalue weighted by Gasteiger charge is -2.27. The monoisotopic (exact) mass is 503 g/mol. The molecule has 1 saturated carbocycles. The van der Waals surface area contributed by atoms with Crippen LogP contribution >= 0.6 is 0 Å². The molecule has 37 heavy (non-hydrogen) atoms. The van der Waals surface area contributed by atoms with Crippen molar-refractivity contribution in [1.82, 2.24) is 9.88 Å². The second kappa shape index (κ2) is 8.47. The quantitative estimate of drug-likeness (QED) is 0.473. The van der Waals surface area contributed by atoms with Crippen molar-refractivity contribution >= 4 is 35.5 Å². The van der Waals surface area contributed by atoms with E-state index in [0.29, 0.717) is 40.4 Å². The van der Waals surface area contributed by atoms with Gasteiger partial charge in [0.2, 0.25) is 5.78 Å². The highest BCUT2D eigenvalue weighted by Crippen LogP contribution is 2.67. The molecule has 2 heterocycles. The maximum absolute atomic E-state index is 13.2. The van der Waals surface area contributed by atoms with Crippen molar-refractivity contribution in [2.24, 2.45) is 5.92 Å². The number of aryl methyl sites for hydroxylation is 1. The number of hydrogen-bond donors (Lipinski definition) is 2. The molecule has 9 nitrogen and oxygen atoms in total. The number of ether oxygens (including phenoxy) is 2. The van der Waals surface area contributed by atoms with Gasteiger partial charge in [0.25, 0.3) is 5.91 Å². The number of H-pyrrole nitrogens is 1. The molecule has 0 unspecified atom stereocenters. The van der Waals surface area contributed by atoms with Crippen LogP contribution in [-0.4, -0.2) is 52.9 Å². The van der Waals surface area contributed by atoms with Gasteiger partial charge in [-0.25, -0.2) is 9.59 Å². The summed E-state index contributed by atoms with van der Waals surface area (Å²) in [5, 5.41) is 2.67. The van der Waals surface area contributed by atoms with Gasteiger partial charge in [0.05, 0.1) is 18.4 Å². The molecule has 9 heteroatoms. The summed E-state index contributed by atoms with van der Waals surface area (Å²) in [6.45, 7) is 7.60. The Morgan fingerprint density at radius 3 is 2.54 bits per heavy atom. The Morgan fingerprint density at radius 1 is 1.19 bits per heavy atom. The van der Waals surface area contributed by atoms with Gasteiger partial charge >= 0.3 is 12.1 Å². The van der Waals surface area contributed by atoms with Gasteiger partial charge < -0.3 is 19.4 Å². The Balaban J connectivity index is 1.32. The molecule has 2 atom stereocenters. The molecule has 5 rings (SSSR count). The third-order valence-electron chi connectivity index (χ3n) is 7.03. The fourth-order valence-electron chi connectivity index (χ4n) is 5.44. The molecular formula is C28H29N3O6. The number of benzene rings is 1. The van der Waals surface area contributed by atoms with E-state index >= 15 is 0 Å². The molecule has 1 aliphatic heterocycles. The van der Waals surface area contributed by atoms with E-state index in [1.165, 1.54) is 19.3 Å². The number of hydrogen-bond acceptors (Lipinski definition) is 6. The molecular weight excluding hydrogens is 474 g/mol. The van der Waals surface area contributed by atoms with Crippen molar-refractivity contribution in [3.63, 3.8) is 0 Å². The van der Waals surface area contributed by atoms with E-state index in [-0.39, 0.29) is 17.6 Å². The van der Waals surface area contributed by atoms with Crippen molar-refractivity contribution in [3.8, 4) is 0 Å². The zero-order valence-corrected chi connectivity index (χ0v) is 21.4. The summed E-state index contributed by atoms with van der Waals surface area (Å²) in [4.78, 5) is 55.3. The van der Waals surface area contributed by atoms with E-state index in [0.717, 1.165) is 12.0 Å². The van der Waals surface area contributed by atoms with Crippen LogP contribution in [0.15, 0.2) is 42.1 Å². The molecule has 1 aromatic heterocycles. The number of aromatic nitrogens is 1. The third kappa shape index (κ3) is 4.14. The first-order chi connectivity index (χ1) is 17.4. The van der Waals surface area contributed by atoms with Crippen LogP contribution in [-0.2, 0) is 19.7 Å². The SMILES string of the molecule is COC(=O)c1c(C)[nH]c2c1[C@@]13C[C@@H]1CN(C(=O)/C=C/c1ccc(NC(=O)OC(C)(C)C)cc1)C3=CC2=O. The van der Waals surface area contributed by atoms with Crippen LogP contribution in [0.25, 0.3) is 6.08 Å². The van der Waals surface area contributed by atoms with Crippen LogP contribution in [0.5, 0.6) is 0 Å². The predicted octanol–water partition coefficient (Wildman–Crippen LogP) is 4.35. The summed E-state index contributed by atoms with van der Waals surface area (Å²) < 4.78 is 10.2. The van der Waals surface area contributed by atoms with Gasteiger partial charge in [0, 0.05) is 46.8 Å². The van der Waals surface area contributed by atoms with Crippen LogP contribution in [0.1, 0.15) is 64.9 Å². The van der Waals surface area contributed by atoms with E-state index in [4.69, 9.17) is 9.47 Å². The number of esters is 1. The van der Waals surface area contributed by atoms with Gasteiger partial charge in [0.15, 0.2) is 0 Å². The molecule has 1 spiro atoms. The molecule has 192 valence electrons. The number of anilines is 1. The minimum Gasteiger partial charge on any atom is -0.465 e. The second-order valence-corrected chi connectivity index (χ2v) is 10.7. The number of piperidine rings is 1. The Morgan fingerprint density at radius 2 is 1.89 bits per heavy atom.